The second kappa shape index (κ2) is 7.36. The number of hydrogen-bond donors (Lipinski definition) is 1. The predicted octanol–water partition coefficient (Wildman–Crippen LogP) is 2.33. The van der Waals surface area contributed by atoms with Gasteiger partial charge in [0.1, 0.15) is 5.82 Å². The lowest BCUT2D eigenvalue weighted by atomic mass is 10.1. The summed E-state index contributed by atoms with van der Waals surface area (Å²) in [5, 5.41) is 3.78. The Kier molecular flexibility index (Phi) is 5.34. The van der Waals surface area contributed by atoms with Crippen LogP contribution in [0.1, 0.15) is 20.3 Å². The third kappa shape index (κ3) is 4.62. The van der Waals surface area contributed by atoms with Crippen LogP contribution in [0.15, 0.2) is 29.7 Å². The normalized spacial score (nSPS) is 27.5. The summed E-state index contributed by atoms with van der Waals surface area (Å²) in [6, 6.07) is 4.59. The van der Waals surface area contributed by atoms with Gasteiger partial charge in [-0.1, -0.05) is 6.08 Å². The fourth-order valence-electron chi connectivity index (χ4n) is 3.43. The molecular formula is C18H23FN2O4S. The summed E-state index contributed by atoms with van der Waals surface area (Å²) in [5.74, 6) is -1.13. The molecule has 8 heteroatoms. The molecule has 3 atom stereocenters. The van der Waals surface area contributed by atoms with Crippen LogP contribution in [0.4, 0.5) is 15.8 Å². The highest BCUT2D eigenvalue weighted by Crippen LogP contribution is 2.26. The van der Waals surface area contributed by atoms with Gasteiger partial charge in [-0.05, 0) is 32.0 Å². The Morgan fingerprint density at radius 1 is 1.31 bits per heavy atom. The van der Waals surface area contributed by atoms with Crippen molar-refractivity contribution in [1.29, 1.82) is 0 Å². The molecule has 0 spiro atoms. The van der Waals surface area contributed by atoms with Crippen molar-refractivity contribution in [2.75, 3.05) is 29.1 Å². The standard InChI is InChI=1S/C18H23FN2O4S/c1-12-9-21(10-13(2)25-12)17-4-3-15(8-16(17)19)20-18(22)7-14-5-6-26(23,24)11-14/h3-6,8,12-14H,7,9-11H2,1-2H3,(H,20,22)/t12-,13-,14-/m1/s1. The van der Waals surface area contributed by atoms with Crippen LogP contribution in [0.5, 0.6) is 0 Å². The van der Waals surface area contributed by atoms with E-state index in [9.17, 15) is 17.6 Å². The Labute approximate surface area is 152 Å². The summed E-state index contributed by atoms with van der Waals surface area (Å²) in [4.78, 5) is 14.0. The number of carbonyl (C=O) groups is 1. The van der Waals surface area contributed by atoms with Crippen LogP contribution in [0.2, 0.25) is 0 Å². The molecule has 26 heavy (non-hydrogen) atoms. The number of nitrogens with zero attached hydrogens (tertiary/aromatic N) is 1. The lowest BCUT2D eigenvalue weighted by Gasteiger charge is -2.37. The average molecular weight is 382 g/mol. The highest BCUT2D eigenvalue weighted by atomic mass is 32.2. The quantitative estimate of drug-likeness (QED) is 0.865. The van der Waals surface area contributed by atoms with E-state index in [4.69, 9.17) is 4.74 Å². The maximum Gasteiger partial charge on any atom is 0.224 e. The average Bonchev–Trinajstić information content (AvgIpc) is 2.84. The van der Waals surface area contributed by atoms with E-state index in [0.29, 0.717) is 24.5 Å². The van der Waals surface area contributed by atoms with E-state index in [1.54, 1.807) is 12.1 Å². The monoisotopic (exact) mass is 382 g/mol. The number of hydrogen-bond acceptors (Lipinski definition) is 5. The second-order valence-corrected chi connectivity index (χ2v) is 8.93. The Balaban J connectivity index is 1.62. The molecule has 1 fully saturated rings. The van der Waals surface area contributed by atoms with Crippen LogP contribution >= 0.6 is 0 Å². The molecule has 0 unspecified atom stereocenters. The van der Waals surface area contributed by atoms with Gasteiger partial charge < -0.3 is 15.0 Å². The molecule has 1 saturated heterocycles. The molecule has 1 N–H and O–H groups in total. The molecule has 0 radical (unpaired) electrons. The number of sulfone groups is 1. The van der Waals surface area contributed by atoms with Gasteiger partial charge in [0.2, 0.25) is 5.91 Å². The SMILES string of the molecule is C[C@@H]1CN(c2ccc(NC(=O)C[C@H]3C=CS(=O)(=O)C3)cc2F)C[C@@H](C)O1. The van der Waals surface area contributed by atoms with Crippen molar-refractivity contribution in [2.45, 2.75) is 32.5 Å². The summed E-state index contributed by atoms with van der Waals surface area (Å²) in [6.45, 7) is 5.12. The molecule has 3 rings (SSSR count). The molecular weight excluding hydrogens is 359 g/mol. The van der Waals surface area contributed by atoms with Crippen molar-refractivity contribution in [3.05, 3.63) is 35.5 Å². The van der Waals surface area contributed by atoms with Crippen LogP contribution in [-0.2, 0) is 19.4 Å². The minimum absolute atomic E-state index is 0.0216. The Morgan fingerprint density at radius 2 is 2.00 bits per heavy atom. The van der Waals surface area contributed by atoms with Gasteiger partial charge in [-0.25, -0.2) is 12.8 Å². The van der Waals surface area contributed by atoms with Crippen molar-refractivity contribution >= 4 is 27.1 Å². The zero-order valence-corrected chi connectivity index (χ0v) is 15.6. The Bertz CT molecular complexity index is 814. The number of morpholine rings is 1. The number of carbonyl (C=O) groups excluding carboxylic acids is 1. The molecule has 2 aliphatic heterocycles. The molecule has 1 aromatic rings. The lowest BCUT2D eigenvalue weighted by molar-refractivity contribution is -0.116. The Hall–Kier alpha value is -1.93. The van der Waals surface area contributed by atoms with E-state index >= 15 is 0 Å². The van der Waals surface area contributed by atoms with Gasteiger partial charge in [-0.2, -0.15) is 0 Å². The number of nitrogens with one attached hydrogen (secondary N) is 1. The minimum Gasteiger partial charge on any atom is -0.372 e. The topological polar surface area (TPSA) is 75.7 Å². The van der Waals surface area contributed by atoms with E-state index in [1.165, 1.54) is 12.1 Å². The van der Waals surface area contributed by atoms with E-state index in [1.807, 2.05) is 18.7 Å². The van der Waals surface area contributed by atoms with Crippen LogP contribution < -0.4 is 10.2 Å². The largest absolute Gasteiger partial charge is 0.372 e. The van der Waals surface area contributed by atoms with Gasteiger partial charge in [0.25, 0.3) is 0 Å². The van der Waals surface area contributed by atoms with Gasteiger partial charge in [0.05, 0.1) is 23.6 Å². The molecule has 142 valence electrons. The van der Waals surface area contributed by atoms with Crippen LogP contribution in [-0.4, -0.2) is 45.4 Å². The smallest absolute Gasteiger partial charge is 0.224 e. The fourth-order valence-corrected chi connectivity index (χ4v) is 4.83. The molecule has 0 aromatic heterocycles. The number of ether oxygens (including phenoxy) is 1. The predicted molar refractivity (Wildman–Crippen MR) is 98.3 cm³/mol. The van der Waals surface area contributed by atoms with Gasteiger partial charge >= 0.3 is 0 Å². The highest BCUT2D eigenvalue weighted by Gasteiger charge is 2.25. The number of amides is 1. The molecule has 6 nitrogen and oxygen atoms in total. The summed E-state index contributed by atoms with van der Waals surface area (Å²) in [5.41, 5.74) is 0.838. The molecule has 2 aliphatic rings. The summed E-state index contributed by atoms with van der Waals surface area (Å²) >= 11 is 0. The molecule has 0 bridgehead atoms. The zero-order chi connectivity index (χ0) is 18.9. The van der Waals surface area contributed by atoms with Crippen LogP contribution in [0.25, 0.3) is 0 Å². The molecule has 1 amide bonds. The van der Waals surface area contributed by atoms with E-state index in [2.05, 4.69) is 5.32 Å². The van der Waals surface area contributed by atoms with Crippen molar-refractivity contribution in [3.8, 4) is 0 Å². The van der Waals surface area contributed by atoms with Crippen LogP contribution in [0, 0.1) is 11.7 Å². The first-order valence-electron chi connectivity index (χ1n) is 8.62. The third-order valence-electron chi connectivity index (χ3n) is 4.44. The van der Waals surface area contributed by atoms with E-state index < -0.39 is 15.7 Å². The number of halogens is 1. The molecule has 0 saturated carbocycles. The lowest BCUT2D eigenvalue weighted by Crippen LogP contribution is -2.45. The van der Waals surface area contributed by atoms with E-state index in [0.717, 1.165) is 5.41 Å². The summed E-state index contributed by atoms with van der Waals surface area (Å²) in [6.07, 6.45) is 1.62. The fraction of sp³-hybridized carbons (Fsp3) is 0.500. The summed E-state index contributed by atoms with van der Waals surface area (Å²) in [7, 11) is -3.18. The minimum atomic E-state index is -3.18. The molecule has 2 heterocycles. The third-order valence-corrected chi connectivity index (χ3v) is 5.91. The number of rotatable bonds is 4. The van der Waals surface area contributed by atoms with Gasteiger partial charge in [-0.15, -0.1) is 0 Å². The van der Waals surface area contributed by atoms with Crippen molar-refractivity contribution in [1.82, 2.24) is 0 Å². The van der Waals surface area contributed by atoms with Crippen molar-refractivity contribution < 1.29 is 22.3 Å². The van der Waals surface area contributed by atoms with Crippen molar-refractivity contribution in [3.63, 3.8) is 0 Å². The maximum atomic E-state index is 14.5. The number of anilines is 2. The van der Waals surface area contributed by atoms with Crippen LogP contribution in [0.3, 0.4) is 0 Å². The first kappa shape index (κ1) is 18.8. The number of benzene rings is 1. The first-order valence-corrected chi connectivity index (χ1v) is 10.3. The van der Waals surface area contributed by atoms with Gasteiger partial charge in [0, 0.05) is 36.5 Å². The van der Waals surface area contributed by atoms with Crippen molar-refractivity contribution in [2.24, 2.45) is 5.92 Å². The first-order chi connectivity index (χ1) is 12.2. The number of allylic oxidation sites excluding steroid dienone is 1. The maximum absolute atomic E-state index is 14.5. The molecule has 1 aromatic carbocycles. The summed E-state index contributed by atoms with van der Waals surface area (Å²) < 4.78 is 42.9. The van der Waals surface area contributed by atoms with E-state index in [-0.39, 0.29) is 36.2 Å². The molecule has 0 aliphatic carbocycles. The Morgan fingerprint density at radius 3 is 2.58 bits per heavy atom. The van der Waals surface area contributed by atoms with Gasteiger partial charge in [-0.3, -0.25) is 4.79 Å². The highest BCUT2D eigenvalue weighted by molar-refractivity contribution is 7.94. The second-order valence-electron chi connectivity index (χ2n) is 7.00. The zero-order valence-electron chi connectivity index (χ0n) is 14.8. The van der Waals surface area contributed by atoms with Gasteiger partial charge in [0.15, 0.2) is 9.84 Å².